The van der Waals surface area contributed by atoms with Crippen LogP contribution >= 0.6 is 0 Å². The second kappa shape index (κ2) is 5.95. The number of imide groups is 1. The van der Waals surface area contributed by atoms with Gasteiger partial charge in [0.2, 0.25) is 5.91 Å². The molecule has 1 fully saturated rings. The van der Waals surface area contributed by atoms with Crippen LogP contribution < -0.4 is 0 Å². The molecule has 0 unspecified atom stereocenters. The van der Waals surface area contributed by atoms with Crippen LogP contribution in [0.25, 0.3) is 0 Å². The molecule has 0 aromatic carbocycles. The predicted octanol–water partition coefficient (Wildman–Crippen LogP) is 0.720. The van der Waals surface area contributed by atoms with Crippen LogP contribution in [0.3, 0.4) is 0 Å². The molecule has 0 spiro atoms. The summed E-state index contributed by atoms with van der Waals surface area (Å²) < 4.78 is 4.84. The summed E-state index contributed by atoms with van der Waals surface area (Å²) in [5, 5.41) is 9.54. The Morgan fingerprint density at radius 1 is 1.44 bits per heavy atom. The van der Waals surface area contributed by atoms with Gasteiger partial charge in [0.15, 0.2) is 0 Å². The number of hydrogen-bond acceptors (Lipinski definition) is 5. The van der Waals surface area contributed by atoms with E-state index in [4.69, 9.17) is 4.74 Å². The molecule has 0 bridgehead atoms. The molecule has 0 aromatic heterocycles. The molecule has 2 atom stereocenters. The SMILES string of the molecule is CC(=O)C[C@@H](O)CC(=O)N1C(=O)OC[C@@H]1C(C)C. The Bertz CT molecular complexity index is 352. The van der Waals surface area contributed by atoms with Crippen molar-refractivity contribution in [1.82, 2.24) is 4.90 Å². The van der Waals surface area contributed by atoms with Crippen molar-refractivity contribution in [3.8, 4) is 0 Å². The third-order valence-corrected chi connectivity index (χ3v) is 2.88. The Morgan fingerprint density at radius 3 is 2.56 bits per heavy atom. The molecule has 1 aliphatic rings. The molecule has 102 valence electrons. The number of ether oxygens (including phenoxy) is 1. The van der Waals surface area contributed by atoms with Crippen LogP contribution in [0.2, 0.25) is 0 Å². The third kappa shape index (κ3) is 3.53. The van der Waals surface area contributed by atoms with Crippen molar-refractivity contribution in [3.05, 3.63) is 0 Å². The molecule has 1 aliphatic heterocycles. The fourth-order valence-electron chi connectivity index (χ4n) is 1.92. The number of cyclic esters (lactones) is 1. The summed E-state index contributed by atoms with van der Waals surface area (Å²) in [5.41, 5.74) is 0. The first-order chi connectivity index (χ1) is 8.32. The van der Waals surface area contributed by atoms with E-state index in [9.17, 15) is 19.5 Å². The van der Waals surface area contributed by atoms with Gasteiger partial charge in [0, 0.05) is 6.42 Å². The van der Waals surface area contributed by atoms with Crippen molar-refractivity contribution in [3.63, 3.8) is 0 Å². The van der Waals surface area contributed by atoms with Crippen LogP contribution in [0.4, 0.5) is 4.79 Å². The summed E-state index contributed by atoms with van der Waals surface area (Å²) in [7, 11) is 0. The number of amides is 2. The maximum absolute atomic E-state index is 11.9. The number of hydrogen-bond donors (Lipinski definition) is 1. The van der Waals surface area contributed by atoms with Gasteiger partial charge in [-0.2, -0.15) is 0 Å². The molecule has 0 aliphatic carbocycles. The van der Waals surface area contributed by atoms with Crippen LogP contribution in [0.1, 0.15) is 33.6 Å². The van der Waals surface area contributed by atoms with Gasteiger partial charge in [0.05, 0.1) is 18.6 Å². The Hall–Kier alpha value is -1.43. The number of rotatable bonds is 5. The number of aliphatic hydroxyl groups is 1. The molecule has 6 heteroatoms. The van der Waals surface area contributed by atoms with Gasteiger partial charge >= 0.3 is 6.09 Å². The molecular weight excluding hydrogens is 238 g/mol. The number of carbonyl (C=O) groups is 3. The van der Waals surface area contributed by atoms with Gasteiger partial charge in [-0.25, -0.2) is 9.69 Å². The molecule has 0 radical (unpaired) electrons. The van der Waals surface area contributed by atoms with E-state index in [0.717, 1.165) is 4.90 Å². The lowest BCUT2D eigenvalue weighted by molar-refractivity contribution is -0.132. The molecule has 1 heterocycles. The monoisotopic (exact) mass is 257 g/mol. The standard InChI is InChI=1S/C12H19NO5/c1-7(2)10-6-18-12(17)13(10)11(16)5-9(15)4-8(3)14/h7,9-10,15H,4-6H2,1-3H3/t9-,10-/m1/s1. The highest BCUT2D eigenvalue weighted by Gasteiger charge is 2.39. The van der Waals surface area contributed by atoms with E-state index in [0.29, 0.717) is 0 Å². The minimum atomic E-state index is -1.05. The largest absolute Gasteiger partial charge is 0.447 e. The quantitative estimate of drug-likeness (QED) is 0.784. The second-order valence-corrected chi connectivity index (χ2v) is 4.92. The number of nitrogens with zero attached hydrogens (tertiary/aromatic N) is 1. The Balaban J connectivity index is 2.64. The predicted molar refractivity (Wildman–Crippen MR) is 62.7 cm³/mol. The molecule has 1 N–H and O–H groups in total. The maximum atomic E-state index is 11.9. The molecule has 6 nitrogen and oxygen atoms in total. The van der Waals surface area contributed by atoms with Crippen LogP contribution in [-0.2, 0) is 14.3 Å². The first-order valence-electron chi connectivity index (χ1n) is 5.99. The number of Topliss-reactive ketones (excluding diaryl/α,β-unsaturated/α-hetero) is 1. The number of ketones is 1. The Morgan fingerprint density at radius 2 is 2.06 bits per heavy atom. The van der Waals surface area contributed by atoms with Crippen LogP contribution in [0, 0.1) is 5.92 Å². The van der Waals surface area contributed by atoms with E-state index >= 15 is 0 Å². The van der Waals surface area contributed by atoms with Crippen LogP contribution in [0.5, 0.6) is 0 Å². The van der Waals surface area contributed by atoms with Gasteiger partial charge in [0.1, 0.15) is 12.4 Å². The zero-order chi connectivity index (χ0) is 13.9. The highest BCUT2D eigenvalue weighted by atomic mass is 16.6. The zero-order valence-electron chi connectivity index (χ0n) is 10.9. The molecule has 0 saturated carbocycles. The summed E-state index contributed by atoms with van der Waals surface area (Å²) >= 11 is 0. The van der Waals surface area contributed by atoms with E-state index in [1.165, 1.54) is 6.92 Å². The van der Waals surface area contributed by atoms with Crippen LogP contribution in [0.15, 0.2) is 0 Å². The minimum Gasteiger partial charge on any atom is -0.447 e. The third-order valence-electron chi connectivity index (χ3n) is 2.88. The average Bonchev–Trinajstić information content (AvgIpc) is 2.58. The first kappa shape index (κ1) is 14.6. The molecular formula is C12H19NO5. The van der Waals surface area contributed by atoms with Gasteiger partial charge in [0.25, 0.3) is 0 Å². The highest BCUT2D eigenvalue weighted by molar-refractivity contribution is 5.94. The normalized spacial score (nSPS) is 21.1. The Kier molecular flexibility index (Phi) is 4.84. The van der Waals surface area contributed by atoms with Crippen molar-refractivity contribution in [2.24, 2.45) is 5.92 Å². The lowest BCUT2D eigenvalue weighted by Gasteiger charge is -2.23. The summed E-state index contributed by atoms with van der Waals surface area (Å²) in [6, 6.07) is -0.297. The van der Waals surface area contributed by atoms with Crippen molar-refractivity contribution in [2.45, 2.75) is 45.8 Å². The molecule has 2 amide bonds. The fraction of sp³-hybridized carbons (Fsp3) is 0.750. The second-order valence-electron chi connectivity index (χ2n) is 4.92. The average molecular weight is 257 g/mol. The summed E-state index contributed by atoms with van der Waals surface area (Å²) in [6.07, 6.45) is -2.04. The maximum Gasteiger partial charge on any atom is 0.416 e. The van der Waals surface area contributed by atoms with Gasteiger partial charge in [-0.05, 0) is 12.8 Å². The zero-order valence-corrected chi connectivity index (χ0v) is 10.9. The fourth-order valence-corrected chi connectivity index (χ4v) is 1.92. The van der Waals surface area contributed by atoms with Crippen molar-refractivity contribution in [2.75, 3.05) is 6.61 Å². The minimum absolute atomic E-state index is 0.0824. The van der Waals surface area contributed by atoms with Gasteiger partial charge in [-0.3, -0.25) is 9.59 Å². The topological polar surface area (TPSA) is 83.9 Å². The summed E-state index contributed by atoms with van der Waals surface area (Å²) in [5.74, 6) is -0.602. The highest BCUT2D eigenvalue weighted by Crippen LogP contribution is 2.21. The van der Waals surface area contributed by atoms with E-state index in [-0.39, 0.29) is 37.2 Å². The molecule has 1 rings (SSSR count). The van der Waals surface area contributed by atoms with Gasteiger partial charge in [-0.15, -0.1) is 0 Å². The lowest BCUT2D eigenvalue weighted by atomic mass is 10.0. The number of carbonyl (C=O) groups excluding carboxylic acids is 3. The summed E-state index contributed by atoms with van der Waals surface area (Å²) in [4.78, 5) is 35.3. The lowest BCUT2D eigenvalue weighted by Crippen LogP contribution is -2.43. The van der Waals surface area contributed by atoms with E-state index < -0.39 is 18.1 Å². The Labute approximate surface area is 106 Å². The van der Waals surface area contributed by atoms with Crippen molar-refractivity contribution in [1.29, 1.82) is 0 Å². The van der Waals surface area contributed by atoms with E-state index in [2.05, 4.69) is 0 Å². The van der Waals surface area contributed by atoms with Crippen LogP contribution in [-0.4, -0.2) is 46.5 Å². The first-order valence-corrected chi connectivity index (χ1v) is 5.99. The molecule has 0 aromatic rings. The van der Waals surface area contributed by atoms with E-state index in [1.54, 1.807) is 0 Å². The van der Waals surface area contributed by atoms with Gasteiger partial charge < -0.3 is 9.84 Å². The smallest absolute Gasteiger partial charge is 0.416 e. The van der Waals surface area contributed by atoms with E-state index in [1.807, 2.05) is 13.8 Å². The number of aliphatic hydroxyl groups excluding tert-OH is 1. The molecule has 18 heavy (non-hydrogen) atoms. The van der Waals surface area contributed by atoms with Crippen molar-refractivity contribution >= 4 is 17.8 Å². The van der Waals surface area contributed by atoms with Gasteiger partial charge in [-0.1, -0.05) is 13.8 Å². The molecule has 1 saturated heterocycles. The van der Waals surface area contributed by atoms with Crippen molar-refractivity contribution < 1.29 is 24.2 Å². The summed E-state index contributed by atoms with van der Waals surface area (Å²) in [6.45, 7) is 5.30.